The van der Waals surface area contributed by atoms with Gasteiger partial charge in [-0.3, -0.25) is 0 Å². The van der Waals surface area contributed by atoms with E-state index in [1.165, 1.54) is 43.1 Å². The Hall–Kier alpha value is -5.60. The monoisotopic (exact) mass is 550 g/mol. The van der Waals surface area contributed by atoms with E-state index < -0.39 is 0 Å². The molecule has 2 heteroatoms. The highest BCUT2D eigenvalue weighted by atomic mass is 15.1. The number of nitrogens with zero attached hydrogens (tertiary/aromatic N) is 2. The van der Waals surface area contributed by atoms with Gasteiger partial charge in [0.1, 0.15) is 0 Å². The van der Waals surface area contributed by atoms with Crippen molar-refractivity contribution in [3.63, 3.8) is 0 Å². The summed E-state index contributed by atoms with van der Waals surface area (Å²) < 4.78 is 0. The predicted octanol–water partition coefficient (Wildman–Crippen LogP) is 11.5. The number of fused-ring (bicyclic) bond motifs is 4. The minimum absolute atomic E-state index is 1.12. The molecule has 0 aromatic heterocycles. The van der Waals surface area contributed by atoms with Crippen LogP contribution in [0, 0.1) is 0 Å². The number of hydrogen-bond acceptors (Lipinski definition) is 2. The van der Waals surface area contributed by atoms with Gasteiger partial charge in [-0.15, -0.1) is 0 Å². The van der Waals surface area contributed by atoms with Crippen LogP contribution in [0.25, 0.3) is 43.1 Å². The quantitative estimate of drug-likeness (QED) is 0.197. The SMILES string of the molecule is CN(c1ccc(N(c2ccc3ccccc3c2)c2ccc3ccccc3c2)cc1)c1ccc2cc3ccccc3cc2c1. The van der Waals surface area contributed by atoms with Gasteiger partial charge in [0.05, 0.1) is 0 Å². The topological polar surface area (TPSA) is 6.48 Å². The summed E-state index contributed by atoms with van der Waals surface area (Å²) in [6, 6.07) is 59.2. The molecule has 0 fully saturated rings. The minimum Gasteiger partial charge on any atom is -0.345 e. The molecule has 0 aliphatic rings. The molecule has 0 amide bonds. The third-order valence-corrected chi connectivity index (χ3v) is 8.55. The fraction of sp³-hybridized carbons (Fsp3) is 0.0244. The molecule has 0 N–H and O–H groups in total. The van der Waals surface area contributed by atoms with Crippen LogP contribution in [0.15, 0.2) is 164 Å². The molecule has 8 aromatic carbocycles. The van der Waals surface area contributed by atoms with Gasteiger partial charge in [-0.25, -0.2) is 0 Å². The van der Waals surface area contributed by atoms with Crippen molar-refractivity contribution in [1.82, 2.24) is 0 Å². The maximum Gasteiger partial charge on any atom is 0.0468 e. The second-order valence-corrected chi connectivity index (χ2v) is 11.2. The van der Waals surface area contributed by atoms with Gasteiger partial charge in [0.25, 0.3) is 0 Å². The lowest BCUT2D eigenvalue weighted by atomic mass is 10.0. The van der Waals surface area contributed by atoms with Gasteiger partial charge in [0.15, 0.2) is 0 Å². The normalized spacial score (nSPS) is 11.4. The Bertz CT molecular complexity index is 2190. The lowest BCUT2D eigenvalue weighted by Crippen LogP contribution is -2.12. The number of rotatable bonds is 5. The summed E-state index contributed by atoms with van der Waals surface area (Å²) in [6.07, 6.45) is 0. The first-order chi connectivity index (χ1) is 21.2. The molecule has 0 saturated carbocycles. The van der Waals surface area contributed by atoms with Gasteiger partial charge in [0, 0.05) is 35.5 Å². The first-order valence-electron chi connectivity index (χ1n) is 14.7. The largest absolute Gasteiger partial charge is 0.345 e. The lowest BCUT2D eigenvalue weighted by Gasteiger charge is -2.27. The third-order valence-electron chi connectivity index (χ3n) is 8.55. The van der Waals surface area contributed by atoms with Crippen LogP contribution < -0.4 is 9.80 Å². The van der Waals surface area contributed by atoms with Crippen LogP contribution in [-0.4, -0.2) is 7.05 Å². The molecule has 0 radical (unpaired) electrons. The Morgan fingerprint density at radius 1 is 0.279 bits per heavy atom. The Morgan fingerprint density at radius 2 is 0.628 bits per heavy atom. The van der Waals surface area contributed by atoms with Gasteiger partial charge in [-0.1, -0.05) is 91.0 Å². The van der Waals surface area contributed by atoms with Crippen LogP contribution in [0.4, 0.5) is 28.4 Å². The summed E-state index contributed by atoms with van der Waals surface area (Å²) in [4.78, 5) is 4.61. The van der Waals surface area contributed by atoms with Gasteiger partial charge in [-0.05, 0) is 116 Å². The number of benzene rings is 8. The van der Waals surface area contributed by atoms with E-state index >= 15 is 0 Å². The van der Waals surface area contributed by atoms with Crippen molar-refractivity contribution < 1.29 is 0 Å². The summed E-state index contributed by atoms with van der Waals surface area (Å²) in [7, 11) is 2.14. The molecule has 204 valence electrons. The van der Waals surface area contributed by atoms with Crippen molar-refractivity contribution in [2.45, 2.75) is 0 Å². The molecule has 0 unspecified atom stereocenters. The maximum absolute atomic E-state index is 2.35. The molecule has 8 rings (SSSR count). The zero-order valence-electron chi connectivity index (χ0n) is 24.0. The van der Waals surface area contributed by atoms with E-state index in [1.807, 2.05) is 0 Å². The zero-order valence-corrected chi connectivity index (χ0v) is 24.0. The van der Waals surface area contributed by atoms with E-state index in [-0.39, 0.29) is 0 Å². The average Bonchev–Trinajstić information content (AvgIpc) is 3.07. The predicted molar refractivity (Wildman–Crippen MR) is 186 cm³/mol. The summed E-state index contributed by atoms with van der Waals surface area (Å²) in [5.41, 5.74) is 5.69. The highest BCUT2D eigenvalue weighted by Gasteiger charge is 2.15. The van der Waals surface area contributed by atoms with Crippen LogP contribution >= 0.6 is 0 Å². The zero-order chi connectivity index (χ0) is 28.8. The van der Waals surface area contributed by atoms with Crippen LogP contribution in [-0.2, 0) is 0 Å². The molecule has 0 heterocycles. The smallest absolute Gasteiger partial charge is 0.0468 e. The average molecular weight is 551 g/mol. The van der Waals surface area contributed by atoms with Crippen LogP contribution in [0.2, 0.25) is 0 Å². The van der Waals surface area contributed by atoms with Gasteiger partial charge >= 0.3 is 0 Å². The minimum atomic E-state index is 1.12. The first-order valence-corrected chi connectivity index (χ1v) is 14.7. The van der Waals surface area contributed by atoms with E-state index in [0.717, 1.165) is 28.4 Å². The molecule has 8 aromatic rings. The van der Waals surface area contributed by atoms with Crippen molar-refractivity contribution >= 4 is 71.5 Å². The van der Waals surface area contributed by atoms with E-state index in [4.69, 9.17) is 0 Å². The Balaban J connectivity index is 1.18. The molecule has 0 aliphatic carbocycles. The molecule has 0 saturated heterocycles. The maximum atomic E-state index is 2.35. The summed E-state index contributed by atoms with van der Waals surface area (Å²) in [5, 5.41) is 9.98. The molecular weight excluding hydrogens is 520 g/mol. The van der Waals surface area contributed by atoms with Crippen molar-refractivity contribution in [2.24, 2.45) is 0 Å². The Kier molecular flexibility index (Phi) is 6.05. The summed E-state index contributed by atoms with van der Waals surface area (Å²) in [6.45, 7) is 0. The van der Waals surface area contributed by atoms with E-state index in [2.05, 4.69) is 181 Å². The van der Waals surface area contributed by atoms with Crippen molar-refractivity contribution in [3.8, 4) is 0 Å². The van der Waals surface area contributed by atoms with Crippen molar-refractivity contribution in [1.29, 1.82) is 0 Å². The summed E-state index contributed by atoms with van der Waals surface area (Å²) in [5.74, 6) is 0. The van der Waals surface area contributed by atoms with Crippen LogP contribution in [0.1, 0.15) is 0 Å². The number of hydrogen-bond donors (Lipinski definition) is 0. The Labute approximate surface area is 251 Å². The van der Waals surface area contributed by atoms with Crippen molar-refractivity contribution in [2.75, 3.05) is 16.8 Å². The van der Waals surface area contributed by atoms with Crippen LogP contribution in [0.3, 0.4) is 0 Å². The molecule has 0 spiro atoms. The number of anilines is 5. The molecule has 0 aliphatic heterocycles. The first kappa shape index (κ1) is 25.1. The third kappa shape index (κ3) is 4.64. The fourth-order valence-corrected chi connectivity index (χ4v) is 6.19. The summed E-state index contributed by atoms with van der Waals surface area (Å²) >= 11 is 0. The molecule has 0 atom stereocenters. The second kappa shape index (κ2) is 10.3. The van der Waals surface area contributed by atoms with E-state index in [0.29, 0.717) is 0 Å². The van der Waals surface area contributed by atoms with E-state index in [9.17, 15) is 0 Å². The molecule has 43 heavy (non-hydrogen) atoms. The van der Waals surface area contributed by atoms with E-state index in [1.54, 1.807) is 0 Å². The van der Waals surface area contributed by atoms with Gasteiger partial charge in [0.2, 0.25) is 0 Å². The van der Waals surface area contributed by atoms with Crippen molar-refractivity contribution in [3.05, 3.63) is 164 Å². The standard InChI is InChI=1S/C41H30N2/c1-42(39-17-16-35-24-31-10-6-7-11-32(31)25-36(35)28-39)37-20-22-38(23-21-37)43(40-18-14-29-8-2-4-12-33(29)26-40)41-19-15-30-9-3-5-13-34(30)27-41/h2-28H,1H3. The molecule has 0 bridgehead atoms. The lowest BCUT2D eigenvalue weighted by molar-refractivity contribution is 1.21. The highest BCUT2D eigenvalue weighted by molar-refractivity contribution is 6.00. The van der Waals surface area contributed by atoms with Gasteiger partial charge < -0.3 is 9.80 Å². The van der Waals surface area contributed by atoms with Gasteiger partial charge in [-0.2, -0.15) is 0 Å². The van der Waals surface area contributed by atoms with Crippen LogP contribution in [0.5, 0.6) is 0 Å². The second-order valence-electron chi connectivity index (χ2n) is 11.2. The Morgan fingerprint density at radius 3 is 1.19 bits per heavy atom. The highest BCUT2D eigenvalue weighted by Crippen LogP contribution is 2.39. The molecular formula is C41H30N2. The fourth-order valence-electron chi connectivity index (χ4n) is 6.19. The molecule has 2 nitrogen and oxygen atoms in total.